The lowest BCUT2D eigenvalue weighted by molar-refractivity contribution is -0.143. The van der Waals surface area contributed by atoms with Crippen LogP contribution >= 0.6 is 11.6 Å². The molecule has 1 aromatic heterocycles. The summed E-state index contributed by atoms with van der Waals surface area (Å²) in [5.41, 5.74) is -0.962. The van der Waals surface area contributed by atoms with E-state index in [1.165, 1.54) is 19.9 Å². The second kappa shape index (κ2) is 9.65. The molecule has 0 spiro atoms. The van der Waals surface area contributed by atoms with E-state index in [4.69, 9.17) is 16.3 Å². The molecule has 0 aliphatic heterocycles. The van der Waals surface area contributed by atoms with Gasteiger partial charge in [0.1, 0.15) is 6.10 Å². The minimum atomic E-state index is -4.92. The number of sulfone groups is 1. The van der Waals surface area contributed by atoms with Crippen LogP contribution in [0, 0.1) is 0 Å². The van der Waals surface area contributed by atoms with E-state index in [0.29, 0.717) is 10.6 Å². The van der Waals surface area contributed by atoms with Crippen molar-refractivity contribution in [1.82, 2.24) is 15.3 Å². The van der Waals surface area contributed by atoms with E-state index in [9.17, 15) is 26.4 Å². The zero-order valence-corrected chi connectivity index (χ0v) is 18.2. The summed E-state index contributed by atoms with van der Waals surface area (Å²) in [6, 6.07) is 5.72. The van der Waals surface area contributed by atoms with E-state index in [0.717, 1.165) is 17.9 Å². The highest BCUT2D eigenvalue weighted by atomic mass is 35.5. The third-order valence-electron chi connectivity index (χ3n) is 3.85. The van der Waals surface area contributed by atoms with Gasteiger partial charge in [-0.25, -0.2) is 18.4 Å². The third kappa shape index (κ3) is 7.21. The molecule has 31 heavy (non-hydrogen) atoms. The maximum atomic E-state index is 13.5. The first-order valence-corrected chi connectivity index (χ1v) is 11.2. The molecule has 2 rings (SSSR count). The van der Waals surface area contributed by atoms with Gasteiger partial charge in [0.05, 0.1) is 6.20 Å². The number of halogens is 4. The van der Waals surface area contributed by atoms with Crippen LogP contribution < -0.4 is 10.1 Å². The molecule has 0 unspecified atom stereocenters. The Morgan fingerprint density at radius 3 is 2.48 bits per heavy atom. The van der Waals surface area contributed by atoms with Gasteiger partial charge in [-0.15, -0.1) is 0 Å². The standard InChI is InChI=1S/C19H19ClF3N3O4S/c1-11(8-9-31(3,28)29)25-18(27)17-24-10-15(16(26-17)19(21,22)23)30-12(2)13-6-4-5-7-14(13)20/h4-12H,1-3H3,(H,25,27)/b9-8+/t11-,12+/m1/s1. The zero-order chi connectivity index (χ0) is 23.4. The number of hydrogen-bond acceptors (Lipinski definition) is 6. The summed E-state index contributed by atoms with van der Waals surface area (Å²) >= 11 is 6.05. The summed E-state index contributed by atoms with van der Waals surface area (Å²) in [5.74, 6) is -2.42. The molecule has 12 heteroatoms. The number of carbonyl (C=O) groups is 1. The number of amides is 1. The van der Waals surface area contributed by atoms with Crippen LogP contribution in [-0.2, 0) is 16.0 Å². The SMILES string of the molecule is C[C@H](/C=C/S(C)(=O)=O)NC(=O)c1ncc(O[C@@H](C)c2ccccc2Cl)c(C(F)(F)F)n1. The largest absolute Gasteiger partial charge is 0.482 e. The quantitative estimate of drug-likeness (QED) is 0.648. The topological polar surface area (TPSA) is 98.2 Å². The van der Waals surface area contributed by atoms with Crippen molar-refractivity contribution in [2.24, 2.45) is 0 Å². The monoisotopic (exact) mass is 477 g/mol. The van der Waals surface area contributed by atoms with Crippen molar-refractivity contribution < 1.29 is 31.1 Å². The van der Waals surface area contributed by atoms with Crippen LogP contribution in [0.4, 0.5) is 13.2 Å². The molecule has 7 nitrogen and oxygen atoms in total. The number of alkyl halides is 3. The van der Waals surface area contributed by atoms with Crippen molar-refractivity contribution in [3.05, 3.63) is 64.1 Å². The third-order valence-corrected chi connectivity index (χ3v) is 4.84. The molecule has 168 valence electrons. The van der Waals surface area contributed by atoms with Gasteiger partial charge in [-0.2, -0.15) is 13.2 Å². The summed E-state index contributed by atoms with van der Waals surface area (Å²) in [7, 11) is -3.43. The molecule has 1 aromatic carbocycles. The van der Waals surface area contributed by atoms with Crippen molar-refractivity contribution in [3.63, 3.8) is 0 Å². The highest BCUT2D eigenvalue weighted by Crippen LogP contribution is 2.36. The first-order chi connectivity index (χ1) is 14.3. The molecule has 0 saturated heterocycles. The van der Waals surface area contributed by atoms with Gasteiger partial charge in [-0.3, -0.25) is 4.79 Å². The average Bonchev–Trinajstić information content (AvgIpc) is 2.65. The summed E-state index contributed by atoms with van der Waals surface area (Å²) in [6.07, 6.45) is -2.89. The molecule has 1 amide bonds. The minimum Gasteiger partial charge on any atom is -0.482 e. The summed E-state index contributed by atoms with van der Waals surface area (Å²) in [5, 5.41) is 3.48. The van der Waals surface area contributed by atoms with Gasteiger partial charge in [-0.1, -0.05) is 35.9 Å². The fraction of sp³-hybridized carbons (Fsp3) is 0.316. The minimum absolute atomic E-state index is 0.316. The maximum Gasteiger partial charge on any atom is 0.437 e. The summed E-state index contributed by atoms with van der Waals surface area (Å²) < 4.78 is 68.2. The smallest absolute Gasteiger partial charge is 0.437 e. The average molecular weight is 478 g/mol. The lowest BCUT2D eigenvalue weighted by Gasteiger charge is -2.19. The van der Waals surface area contributed by atoms with Gasteiger partial charge in [0.2, 0.25) is 5.82 Å². The normalized spacial score (nSPS) is 14.3. The molecule has 0 aliphatic rings. The molecule has 0 radical (unpaired) electrons. The van der Waals surface area contributed by atoms with Crippen LogP contribution in [0.5, 0.6) is 5.75 Å². The van der Waals surface area contributed by atoms with Crippen molar-refractivity contribution in [3.8, 4) is 5.75 Å². The molecule has 0 saturated carbocycles. The van der Waals surface area contributed by atoms with Crippen molar-refractivity contribution in [1.29, 1.82) is 0 Å². The Bertz CT molecular complexity index is 1090. The fourth-order valence-corrected chi connectivity index (χ4v) is 3.22. The number of nitrogens with one attached hydrogen (secondary N) is 1. The Hall–Kier alpha value is -2.66. The number of ether oxygens (including phenoxy) is 1. The van der Waals surface area contributed by atoms with Crippen LogP contribution in [-0.4, -0.2) is 36.6 Å². The fourth-order valence-electron chi connectivity index (χ4n) is 2.41. The highest BCUT2D eigenvalue weighted by molar-refractivity contribution is 7.93. The number of benzene rings is 1. The van der Waals surface area contributed by atoms with Crippen LogP contribution in [0.25, 0.3) is 0 Å². The Labute approximate surface area is 182 Å². The van der Waals surface area contributed by atoms with Crippen LogP contribution in [0.15, 0.2) is 41.9 Å². The van der Waals surface area contributed by atoms with Gasteiger partial charge < -0.3 is 10.1 Å². The van der Waals surface area contributed by atoms with Crippen LogP contribution in [0.2, 0.25) is 5.02 Å². The van der Waals surface area contributed by atoms with E-state index >= 15 is 0 Å². The van der Waals surface area contributed by atoms with Gasteiger partial charge in [0.25, 0.3) is 5.91 Å². The predicted octanol–water partition coefficient (Wildman–Crippen LogP) is 3.97. The second-order valence-corrected chi connectivity index (χ2v) is 8.94. The van der Waals surface area contributed by atoms with Crippen molar-refractivity contribution in [2.75, 3.05) is 6.26 Å². The molecule has 0 fully saturated rings. The maximum absolute atomic E-state index is 13.5. The number of carbonyl (C=O) groups excluding carboxylic acids is 1. The van der Waals surface area contributed by atoms with Crippen molar-refractivity contribution in [2.45, 2.75) is 32.2 Å². The van der Waals surface area contributed by atoms with E-state index in [2.05, 4.69) is 15.3 Å². The molecular formula is C19H19ClF3N3O4S. The van der Waals surface area contributed by atoms with Crippen LogP contribution in [0.1, 0.15) is 41.8 Å². The Balaban J connectivity index is 2.28. The summed E-state index contributed by atoms with van der Waals surface area (Å²) in [4.78, 5) is 19.2. The van der Waals surface area contributed by atoms with Gasteiger partial charge in [0, 0.05) is 28.3 Å². The zero-order valence-electron chi connectivity index (χ0n) is 16.6. The van der Waals surface area contributed by atoms with E-state index < -0.39 is 51.3 Å². The van der Waals surface area contributed by atoms with Crippen molar-refractivity contribution >= 4 is 27.3 Å². The Kier molecular flexibility index (Phi) is 7.66. The lowest BCUT2D eigenvalue weighted by Crippen LogP contribution is -2.33. The Morgan fingerprint density at radius 1 is 1.26 bits per heavy atom. The van der Waals surface area contributed by atoms with Gasteiger partial charge in [0.15, 0.2) is 21.3 Å². The second-order valence-electron chi connectivity index (χ2n) is 6.61. The summed E-state index contributed by atoms with van der Waals surface area (Å²) in [6.45, 7) is 2.95. The number of hydrogen-bond donors (Lipinski definition) is 1. The van der Waals surface area contributed by atoms with Gasteiger partial charge >= 0.3 is 6.18 Å². The molecule has 2 aromatic rings. The molecule has 1 heterocycles. The van der Waals surface area contributed by atoms with Gasteiger partial charge in [-0.05, 0) is 19.9 Å². The molecule has 1 N–H and O–H groups in total. The number of nitrogens with zero attached hydrogens (tertiary/aromatic N) is 2. The molecule has 0 bridgehead atoms. The predicted molar refractivity (Wildman–Crippen MR) is 108 cm³/mol. The first-order valence-electron chi connectivity index (χ1n) is 8.82. The molecule has 2 atom stereocenters. The van der Waals surface area contributed by atoms with E-state index in [1.54, 1.807) is 24.3 Å². The highest BCUT2D eigenvalue weighted by Gasteiger charge is 2.38. The molecular weight excluding hydrogens is 459 g/mol. The Morgan fingerprint density at radius 2 is 1.90 bits per heavy atom. The van der Waals surface area contributed by atoms with E-state index in [1.807, 2.05) is 0 Å². The van der Waals surface area contributed by atoms with E-state index in [-0.39, 0.29) is 0 Å². The van der Waals surface area contributed by atoms with Crippen LogP contribution in [0.3, 0.4) is 0 Å². The lowest BCUT2D eigenvalue weighted by atomic mass is 10.1. The first kappa shape index (κ1) is 24.6. The number of rotatable bonds is 7. The number of aromatic nitrogens is 2. The molecule has 0 aliphatic carbocycles.